The highest BCUT2D eigenvalue weighted by Gasteiger charge is 2.27. The van der Waals surface area contributed by atoms with E-state index in [0.29, 0.717) is 40.7 Å². The molecule has 0 fully saturated rings. The second kappa shape index (κ2) is 9.65. The van der Waals surface area contributed by atoms with Gasteiger partial charge in [0.15, 0.2) is 0 Å². The summed E-state index contributed by atoms with van der Waals surface area (Å²) in [5.74, 6) is 0.477. The van der Waals surface area contributed by atoms with E-state index in [-0.39, 0.29) is 0 Å². The van der Waals surface area contributed by atoms with Crippen LogP contribution in [0.4, 0.5) is 4.79 Å². The summed E-state index contributed by atoms with van der Waals surface area (Å²) >= 11 is 0. The van der Waals surface area contributed by atoms with Gasteiger partial charge in [0.25, 0.3) is 0 Å². The van der Waals surface area contributed by atoms with Gasteiger partial charge >= 0.3 is 12.1 Å². The van der Waals surface area contributed by atoms with Gasteiger partial charge in [-0.05, 0) is 46.5 Å². The molecule has 0 amide bonds. The molecule has 0 saturated carbocycles. The van der Waals surface area contributed by atoms with E-state index < -0.39 is 12.1 Å². The van der Waals surface area contributed by atoms with Crippen molar-refractivity contribution in [2.24, 2.45) is 0 Å². The lowest BCUT2D eigenvalue weighted by Crippen LogP contribution is -2.16. The van der Waals surface area contributed by atoms with Gasteiger partial charge in [-0.15, -0.1) is 0 Å². The molecule has 1 aliphatic carbocycles. The Morgan fingerprint density at radius 3 is 2.26 bits per heavy atom. The van der Waals surface area contributed by atoms with Gasteiger partial charge in [0, 0.05) is 27.5 Å². The first kappa shape index (κ1) is 22.3. The molecule has 31 heavy (non-hydrogen) atoms. The quantitative estimate of drug-likeness (QED) is 0.182. The molecule has 0 unspecified atom stereocenters. The number of hydrogen-bond acceptors (Lipinski definition) is 5. The average Bonchev–Trinajstić information content (AvgIpc) is 2.75. The third kappa shape index (κ3) is 5.05. The lowest BCUT2D eigenvalue weighted by molar-refractivity contribution is -0.130. The summed E-state index contributed by atoms with van der Waals surface area (Å²) in [7, 11) is 1.28. The summed E-state index contributed by atoms with van der Waals surface area (Å²) in [4.78, 5) is 24.4. The molecule has 0 heterocycles. The molecule has 162 valence electrons. The van der Waals surface area contributed by atoms with Crippen LogP contribution in [0.3, 0.4) is 0 Å². The van der Waals surface area contributed by atoms with E-state index in [1.54, 1.807) is 6.92 Å². The van der Waals surface area contributed by atoms with Crippen LogP contribution in [-0.4, -0.2) is 19.2 Å². The Kier molecular flexibility index (Phi) is 6.95. The monoisotopic (exact) mass is 420 g/mol. The van der Waals surface area contributed by atoms with E-state index in [1.165, 1.54) is 18.3 Å². The minimum atomic E-state index is -0.780. The molecule has 0 saturated heterocycles. The van der Waals surface area contributed by atoms with Crippen LogP contribution < -0.4 is 9.47 Å². The van der Waals surface area contributed by atoms with Gasteiger partial charge in [0.1, 0.15) is 11.5 Å². The molecule has 0 spiro atoms. The van der Waals surface area contributed by atoms with Crippen LogP contribution in [0.2, 0.25) is 0 Å². The number of methoxy groups -OCH3 is 1. The minimum Gasteiger partial charge on any atom is -0.437 e. The normalized spacial score (nSPS) is 12.5. The topological polar surface area (TPSA) is 61.8 Å². The number of ether oxygens (including phenoxy) is 3. The molecule has 0 radical (unpaired) electrons. The molecule has 2 aromatic carbocycles. The molecule has 3 rings (SSSR count). The molecule has 1 aliphatic rings. The van der Waals surface area contributed by atoms with Crippen molar-refractivity contribution in [3.63, 3.8) is 0 Å². The SMILES string of the molecule is C=C(C)C(=O)Oc1c2c(c(OC(=O)OC)c3ccccc13)CC=C(CCC=C(C)C)C2. The minimum absolute atomic E-state index is 0.322. The predicted octanol–water partition coefficient (Wildman–Crippen LogP) is 6.24. The Morgan fingerprint density at radius 2 is 1.68 bits per heavy atom. The van der Waals surface area contributed by atoms with Gasteiger partial charge in [0.2, 0.25) is 0 Å². The number of rotatable bonds is 6. The third-order valence-electron chi connectivity index (χ3n) is 5.24. The first-order valence-electron chi connectivity index (χ1n) is 10.3. The van der Waals surface area contributed by atoms with Crippen molar-refractivity contribution in [1.82, 2.24) is 0 Å². The highest BCUT2D eigenvalue weighted by Crippen LogP contribution is 2.44. The molecule has 2 aromatic rings. The van der Waals surface area contributed by atoms with Crippen LogP contribution >= 0.6 is 0 Å². The van der Waals surface area contributed by atoms with Crippen molar-refractivity contribution in [2.45, 2.75) is 46.5 Å². The largest absolute Gasteiger partial charge is 0.513 e. The lowest BCUT2D eigenvalue weighted by Gasteiger charge is -2.24. The molecule has 0 aliphatic heterocycles. The molecular formula is C26H28O5. The number of benzene rings is 2. The van der Waals surface area contributed by atoms with Gasteiger partial charge in [-0.25, -0.2) is 9.59 Å². The molecule has 0 N–H and O–H groups in total. The fourth-order valence-electron chi connectivity index (χ4n) is 3.70. The molecular weight excluding hydrogens is 392 g/mol. The molecule has 0 bridgehead atoms. The van der Waals surface area contributed by atoms with E-state index in [2.05, 4.69) is 32.6 Å². The van der Waals surface area contributed by atoms with Crippen LogP contribution in [0.5, 0.6) is 11.5 Å². The number of allylic oxidation sites excluding steroid dienone is 4. The van der Waals surface area contributed by atoms with Crippen LogP contribution in [-0.2, 0) is 22.4 Å². The maximum Gasteiger partial charge on any atom is 0.513 e. The zero-order chi connectivity index (χ0) is 22.5. The van der Waals surface area contributed by atoms with Crippen molar-refractivity contribution in [1.29, 1.82) is 0 Å². The first-order chi connectivity index (χ1) is 14.8. The van der Waals surface area contributed by atoms with Crippen molar-refractivity contribution < 1.29 is 23.8 Å². The maximum atomic E-state index is 12.4. The summed E-state index contributed by atoms with van der Waals surface area (Å²) in [5.41, 5.74) is 4.56. The summed E-state index contributed by atoms with van der Waals surface area (Å²) in [6, 6.07) is 7.43. The first-order valence-corrected chi connectivity index (χ1v) is 10.3. The van der Waals surface area contributed by atoms with E-state index in [0.717, 1.165) is 24.0 Å². The Bertz CT molecular complexity index is 1100. The van der Waals surface area contributed by atoms with E-state index in [4.69, 9.17) is 14.2 Å². The van der Waals surface area contributed by atoms with E-state index >= 15 is 0 Å². The number of carbonyl (C=O) groups excluding carboxylic acids is 2. The Labute approximate surface area is 183 Å². The zero-order valence-corrected chi connectivity index (χ0v) is 18.5. The van der Waals surface area contributed by atoms with Crippen LogP contribution in [0.25, 0.3) is 10.8 Å². The number of fused-ring (bicyclic) bond motifs is 2. The van der Waals surface area contributed by atoms with Gasteiger partial charge in [0.05, 0.1) is 7.11 Å². The molecule has 5 nitrogen and oxygen atoms in total. The Morgan fingerprint density at radius 1 is 1.03 bits per heavy atom. The van der Waals surface area contributed by atoms with Gasteiger partial charge < -0.3 is 14.2 Å². The number of esters is 1. The van der Waals surface area contributed by atoms with Crippen LogP contribution in [0.15, 0.2) is 59.7 Å². The average molecular weight is 421 g/mol. The van der Waals surface area contributed by atoms with Gasteiger partial charge in [-0.2, -0.15) is 0 Å². The predicted molar refractivity (Wildman–Crippen MR) is 122 cm³/mol. The number of carbonyl (C=O) groups is 2. The summed E-state index contributed by atoms with van der Waals surface area (Å²) in [6.07, 6.45) is 6.66. The second-order valence-corrected chi connectivity index (χ2v) is 7.95. The Hall–Kier alpha value is -3.34. The lowest BCUT2D eigenvalue weighted by atomic mass is 9.85. The zero-order valence-electron chi connectivity index (χ0n) is 18.5. The smallest absolute Gasteiger partial charge is 0.437 e. The number of hydrogen-bond donors (Lipinski definition) is 0. The van der Waals surface area contributed by atoms with Crippen LogP contribution in [0.1, 0.15) is 44.7 Å². The third-order valence-corrected chi connectivity index (χ3v) is 5.24. The summed E-state index contributed by atoms with van der Waals surface area (Å²) in [5, 5.41) is 1.40. The van der Waals surface area contributed by atoms with Crippen molar-refractivity contribution in [3.05, 3.63) is 70.8 Å². The molecule has 0 aromatic heterocycles. The van der Waals surface area contributed by atoms with E-state index in [9.17, 15) is 9.59 Å². The molecule has 0 atom stereocenters. The Balaban J connectivity index is 2.14. The standard InChI is InChI=1S/C26H28O5/c1-16(2)9-8-10-18-13-14-21-22(15-18)24(30-25(27)17(3)4)20-12-7-6-11-19(20)23(21)31-26(28)29-5/h6-7,9,11-13H,3,8,10,14-15H2,1-2,4-5H3. The van der Waals surface area contributed by atoms with Gasteiger partial charge in [-0.3, -0.25) is 0 Å². The second-order valence-electron chi connectivity index (χ2n) is 7.95. The van der Waals surface area contributed by atoms with Crippen molar-refractivity contribution in [2.75, 3.05) is 7.11 Å². The maximum absolute atomic E-state index is 12.4. The highest BCUT2D eigenvalue weighted by atomic mass is 16.7. The van der Waals surface area contributed by atoms with Crippen molar-refractivity contribution >= 4 is 22.9 Å². The summed E-state index contributed by atoms with van der Waals surface area (Å²) < 4.78 is 16.1. The van der Waals surface area contributed by atoms with Gasteiger partial charge in [-0.1, -0.05) is 54.1 Å². The fraction of sp³-hybridized carbons (Fsp3) is 0.308. The summed E-state index contributed by atoms with van der Waals surface area (Å²) in [6.45, 7) is 9.50. The fourth-order valence-corrected chi connectivity index (χ4v) is 3.70. The highest BCUT2D eigenvalue weighted by molar-refractivity contribution is 6.00. The van der Waals surface area contributed by atoms with Crippen LogP contribution in [0, 0.1) is 0 Å². The van der Waals surface area contributed by atoms with E-state index in [1.807, 2.05) is 24.3 Å². The molecule has 5 heteroatoms. The van der Waals surface area contributed by atoms with Crippen molar-refractivity contribution in [3.8, 4) is 11.5 Å².